The van der Waals surface area contributed by atoms with Gasteiger partial charge in [-0.25, -0.2) is 9.69 Å². The van der Waals surface area contributed by atoms with E-state index in [9.17, 15) is 14.4 Å². The molecule has 2 heterocycles. The Morgan fingerprint density at radius 1 is 1.17 bits per heavy atom. The molecule has 35 heavy (non-hydrogen) atoms. The summed E-state index contributed by atoms with van der Waals surface area (Å²) < 4.78 is 0. The second-order valence-electron chi connectivity index (χ2n) is 10.2. The van der Waals surface area contributed by atoms with Crippen molar-refractivity contribution in [1.82, 2.24) is 10.2 Å². The summed E-state index contributed by atoms with van der Waals surface area (Å²) in [7, 11) is 0. The number of nitrogens with one attached hydrogen (secondary N) is 2. The molecule has 2 aromatic rings. The third-order valence-corrected chi connectivity index (χ3v) is 7.07. The maximum Gasteiger partial charge on any atom is 0.329 e. The quantitative estimate of drug-likeness (QED) is 0.475. The highest BCUT2D eigenvalue weighted by molar-refractivity contribution is 6.16. The summed E-state index contributed by atoms with van der Waals surface area (Å²) in [6.45, 7) is 13.4. The number of para-hydroxylation sites is 1. The molecule has 2 aliphatic heterocycles. The van der Waals surface area contributed by atoms with Crippen LogP contribution in [0.15, 0.2) is 42.1 Å². The van der Waals surface area contributed by atoms with Gasteiger partial charge in [-0.15, -0.1) is 0 Å². The van der Waals surface area contributed by atoms with Crippen molar-refractivity contribution >= 4 is 35.3 Å². The summed E-state index contributed by atoms with van der Waals surface area (Å²) in [6, 6.07) is 11.1. The highest BCUT2D eigenvalue weighted by Gasteiger charge is 2.37. The topological polar surface area (TPSA) is 81.8 Å². The van der Waals surface area contributed by atoms with E-state index in [1.807, 2.05) is 32.0 Å². The summed E-state index contributed by atoms with van der Waals surface area (Å²) in [6.07, 6.45) is 2.75. The van der Waals surface area contributed by atoms with Gasteiger partial charge >= 0.3 is 6.03 Å². The normalized spacial score (nSPS) is 20.2. The number of hydrogen-bond donors (Lipinski definition) is 2. The maximum atomic E-state index is 13.0. The van der Waals surface area contributed by atoms with Crippen molar-refractivity contribution in [2.75, 3.05) is 23.3 Å². The van der Waals surface area contributed by atoms with Crippen LogP contribution in [0.4, 0.5) is 16.2 Å². The van der Waals surface area contributed by atoms with Gasteiger partial charge in [0.1, 0.15) is 12.2 Å². The minimum atomic E-state index is -0.593. The lowest BCUT2D eigenvalue weighted by atomic mass is 9.79. The summed E-state index contributed by atoms with van der Waals surface area (Å²) >= 11 is 0. The minimum Gasteiger partial charge on any atom is -0.366 e. The smallest absolute Gasteiger partial charge is 0.329 e. The molecule has 4 rings (SSSR count). The van der Waals surface area contributed by atoms with Crippen molar-refractivity contribution in [2.24, 2.45) is 0 Å². The van der Waals surface area contributed by atoms with Crippen molar-refractivity contribution in [2.45, 2.75) is 59.4 Å². The van der Waals surface area contributed by atoms with Crippen LogP contribution < -0.4 is 15.5 Å². The van der Waals surface area contributed by atoms with Gasteiger partial charge in [0.15, 0.2) is 0 Å². The molecule has 0 bridgehead atoms. The number of carbonyl (C=O) groups excluding carboxylic acids is 3. The number of amides is 4. The summed E-state index contributed by atoms with van der Waals surface area (Å²) in [5, 5.41) is 5.41. The van der Waals surface area contributed by atoms with Crippen LogP contribution in [0.25, 0.3) is 6.08 Å². The zero-order valence-corrected chi connectivity index (χ0v) is 21.4. The standard InChI is InChI=1S/C28H34N4O3/c1-7-32-24-12-18(3)20(13-21(24)19(4)15-28(32,5)6)14-23-26(34)31(27(35)30-23)16-25(33)29-22-11-9-8-10-17(22)2/h8-14,19H,7,15-16H2,1-6H3,(H,29,33)(H,30,35)/b23-14+. The number of anilines is 2. The molecule has 2 aromatic carbocycles. The average Bonchev–Trinajstić information content (AvgIpc) is 3.03. The molecule has 0 radical (unpaired) electrons. The Morgan fingerprint density at radius 2 is 1.89 bits per heavy atom. The van der Waals surface area contributed by atoms with E-state index < -0.39 is 17.8 Å². The van der Waals surface area contributed by atoms with E-state index in [0.29, 0.717) is 11.6 Å². The molecule has 4 amide bonds. The van der Waals surface area contributed by atoms with Crippen LogP contribution in [0, 0.1) is 13.8 Å². The van der Waals surface area contributed by atoms with E-state index in [1.165, 1.54) is 11.3 Å². The summed E-state index contributed by atoms with van der Waals surface area (Å²) in [5.74, 6) is -0.558. The predicted octanol–water partition coefficient (Wildman–Crippen LogP) is 4.95. The first-order valence-electron chi connectivity index (χ1n) is 12.1. The molecular weight excluding hydrogens is 440 g/mol. The largest absolute Gasteiger partial charge is 0.366 e. The first-order valence-corrected chi connectivity index (χ1v) is 12.1. The van der Waals surface area contributed by atoms with Gasteiger partial charge in [-0.2, -0.15) is 0 Å². The lowest BCUT2D eigenvalue weighted by molar-refractivity contribution is -0.127. The molecule has 1 atom stereocenters. The number of rotatable bonds is 5. The SMILES string of the molecule is CCN1c2cc(C)c(/C=C3/NC(=O)N(CC(=O)Nc4ccccc4C)C3=O)cc2C(C)CC1(C)C. The van der Waals surface area contributed by atoms with Gasteiger partial charge in [-0.3, -0.25) is 9.59 Å². The van der Waals surface area contributed by atoms with Crippen molar-refractivity contribution in [1.29, 1.82) is 0 Å². The maximum absolute atomic E-state index is 13.0. The Bertz CT molecular complexity index is 1230. The molecule has 1 saturated heterocycles. The highest BCUT2D eigenvalue weighted by Crippen LogP contribution is 2.44. The van der Waals surface area contributed by atoms with Crippen LogP contribution in [0.2, 0.25) is 0 Å². The third kappa shape index (κ3) is 4.67. The lowest BCUT2D eigenvalue weighted by Gasteiger charge is -2.47. The first kappa shape index (κ1) is 24.5. The Hall–Kier alpha value is -3.61. The van der Waals surface area contributed by atoms with Crippen LogP contribution in [0.1, 0.15) is 62.3 Å². The van der Waals surface area contributed by atoms with Crippen LogP contribution in [0.3, 0.4) is 0 Å². The van der Waals surface area contributed by atoms with Gasteiger partial charge in [0.2, 0.25) is 5.91 Å². The minimum absolute atomic E-state index is 0.0718. The zero-order valence-electron chi connectivity index (χ0n) is 21.4. The highest BCUT2D eigenvalue weighted by atomic mass is 16.2. The molecular formula is C28H34N4O3. The van der Waals surface area contributed by atoms with E-state index in [1.54, 1.807) is 12.1 Å². The molecule has 2 aliphatic rings. The molecule has 1 unspecified atom stereocenters. The molecule has 2 N–H and O–H groups in total. The first-order chi connectivity index (χ1) is 16.5. The van der Waals surface area contributed by atoms with Gasteiger partial charge in [0.25, 0.3) is 5.91 Å². The van der Waals surface area contributed by atoms with E-state index >= 15 is 0 Å². The molecule has 0 saturated carbocycles. The number of carbonyl (C=O) groups is 3. The summed E-state index contributed by atoms with van der Waals surface area (Å²) in [5.41, 5.74) is 6.20. The van der Waals surface area contributed by atoms with Crippen molar-refractivity contribution in [3.05, 3.63) is 64.3 Å². The number of nitrogens with zero attached hydrogens (tertiary/aromatic N) is 2. The average molecular weight is 475 g/mol. The van der Waals surface area contributed by atoms with Crippen LogP contribution in [-0.2, 0) is 9.59 Å². The number of urea groups is 1. The van der Waals surface area contributed by atoms with Gasteiger partial charge in [-0.05, 0) is 93.5 Å². The summed E-state index contributed by atoms with van der Waals surface area (Å²) in [4.78, 5) is 41.4. The molecule has 0 aliphatic carbocycles. The number of fused-ring (bicyclic) bond motifs is 1. The van der Waals surface area contributed by atoms with Crippen LogP contribution in [0.5, 0.6) is 0 Å². The van der Waals surface area contributed by atoms with Gasteiger partial charge in [0, 0.05) is 23.5 Å². The molecule has 0 aromatic heterocycles. The lowest BCUT2D eigenvalue weighted by Crippen LogP contribution is -2.48. The molecule has 7 nitrogen and oxygen atoms in total. The van der Waals surface area contributed by atoms with Gasteiger partial charge in [-0.1, -0.05) is 25.1 Å². The van der Waals surface area contributed by atoms with Gasteiger partial charge in [0.05, 0.1) is 0 Å². The van der Waals surface area contributed by atoms with Crippen LogP contribution >= 0.6 is 0 Å². The Kier molecular flexibility index (Phi) is 6.45. The molecule has 184 valence electrons. The Labute approximate surface area is 207 Å². The third-order valence-electron chi connectivity index (χ3n) is 7.07. The molecule has 7 heteroatoms. The number of benzene rings is 2. The van der Waals surface area contributed by atoms with E-state index in [0.717, 1.165) is 34.6 Å². The van der Waals surface area contributed by atoms with E-state index in [-0.39, 0.29) is 17.8 Å². The fourth-order valence-corrected chi connectivity index (χ4v) is 5.32. The van der Waals surface area contributed by atoms with E-state index in [4.69, 9.17) is 0 Å². The monoisotopic (exact) mass is 474 g/mol. The van der Waals surface area contributed by atoms with E-state index in [2.05, 4.69) is 55.4 Å². The van der Waals surface area contributed by atoms with Crippen molar-refractivity contribution in [3.8, 4) is 0 Å². The number of aryl methyl sites for hydroxylation is 2. The van der Waals surface area contributed by atoms with Crippen LogP contribution in [-0.4, -0.2) is 41.4 Å². The fourth-order valence-electron chi connectivity index (χ4n) is 5.32. The molecule has 1 fully saturated rings. The second kappa shape index (κ2) is 9.21. The fraction of sp³-hybridized carbons (Fsp3) is 0.393. The second-order valence-corrected chi connectivity index (χ2v) is 10.2. The van der Waals surface area contributed by atoms with Gasteiger partial charge < -0.3 is 15.5 Å². The Morgan fingerprint density at radius 3 is 2.57 bits per heavy atom. The zero-order chi connectivity index (χ0) is 25.5. The predicted molar refractivity (Wildman–Crippen MR) is 139 cm³/mol. The Balaban J connectivity index is 1.56. The number of hydrogen-bond acceptors (Lipinski definition) is 4. The van der Waals surface area contributed by atoms with Crippen molar-refractivity contribution < 1.29 is 14.4 Å². The number of imide groups is 1. The molecule has 0 spiro atoms. The van der Waals surface area contributed by atoms with Crippen molar-refractivity contribution in [3.63, 3.8) is 0 Å².